The number of carbonyl (C=O) groups is 1. The first-order valence-electron chi connectivity index (χ1n) is 8.48. The maximum Gasteiger partial charge on any atom is 0.337 e. The summed E-state index contributed by atoms with van der Waals surface area (Å²) in [6.07, 6.45) is 4.91. The second-order valence-electron chi connectivity index (χ2n) is 6.23. The van der Waals surface area contributed by atoms with E-state index in [1.807, 2.05) is 6.20 Å². The molecule has 0 bridgehead atoms. The topological polar surface area (TPSA) is 68.4 Å². The highest BCUT2D eigenvalue weighted by Gasteiger charge is 2.15. The minimum atomic E-state index is -0.862. The Morgan fingerprint density at radius 2 is 2.09 bits per heavy atom. The summed E-state index contributed by atoms with van der Waals surface area (Å²) in [6.45, 7) is 7.56. The van der Waals surface area contributed by atoms with Gasteiger partial charge in [0.1, 0.15) is 0 Å². The Bertz CT molecular complexity index is 687. The number of hydrogen-bond donors (Lipinski definition) is 3. The van der Waals surface area contributed by atoms with E-state index in [2.05, 4.69) is 28.2 Å². The van der Waals surface area contributed by atoms with Crippen LogP contribution in [0.5, 0.6) is 0 Å². The molecule has 0 aliphatic carbocycles. The van der Waals surface area contributed by atoms with Gasteiger partial charge in [0.15, 0.2) is 0 Å². The summed E-state index contributed by atoms with van der Waals surface area (Å²) in [5.41, 5.74) is 3.45. The van der Waals surface area contributed by atoms with Crippen molar-refractivity contribution in [3.63, 3.8) is 0 Å². The van der Waals surface area contributed by atoms with E-state index in [0.717, 1.165) is 68.5 Å². The monoisotopic (exact) mass is 315 g/mol. The van der Waals surface area contributed by atoms with Crippen LogP contribution >= 0.6 is 0 Å². The fourth-order valence-electron chi connectivity index (χ4n) is 3.36. The third kappa shape index (κ3) is 3.57. The lowest BCUT2D eigenvalue weighted by molar-refractivity contribution is 0.0698. The molecule has 5 heteroatoms. The smallest absolute Gasteiger partial charge is 0.337 e. The maximum atomic E-state index is 11.5. The molecule has 0 radical (unpaired) electrons. The van der Waals surface area contributed by atoms with Crippen molar-refractivity contribution < 1.29 is 9.90 Å². The van der Waals surface area contributed by atoms with E-state index in [-0.39, 0.29) is 0 Å². The number of aromatic nitrogens is 1. The summed E-state index contributed by atoms with van der Waals surface area (Å²) >= 11 is 0. The van der Waals surface area contributed by atoms with Crippen LogP contribution in [0.25, 0.3) is 10.9 Å². The van der Waals surface area contributed by atoms with E-state index in [1.54, 1.807) is 6.07 Å². The predicted molar refractivity (Wildman–Crippen MR) is 92.3 cm³/mol. The molecule has 1 aromatic carbocycles. The third-order valence-electron chi connectivity index (χ3n) is 4.70. The minimum absolute atomic E-state index is 0.382. The van der Waals surface area contributed by atoms with Gasteiger partial charge in [-0.15, -0.1) is 0 Å². The molecule has 0 saturated carbocycles. The first kappa shape index (κ1) is 16.0. The molecule has 0 spiro atoms. The first-order chi connectivity index (χ1) is 11.2. The standard InChI is InChI=1S/C18H25N3O2/c1-2-13-10-15-14(4-3-7-21-8-5-19-6-9-21)12-20-17(15)16(11-13)18(22)23/h10-12,19-20H,2-9H2,1H3,(H,22,23). The number of aromatic amines is 1. The number of H-pyrrole nitrogens is 1. The number of rotatable bonds is 6. The van der Waals surface area contributed by atoms with Gasteiger partial charge in [-0.3, -0.25) is 0 Å². The van der Waals surface area contributed by atoms with Crippen LogP contribution in [-0.4, -0.2) is 53.7 Å². The second kappa shape index (κ2) is 7.15. The van der Waals surface area contributed by atoms with Crippen molar-refractivity contribution in [1.82, 2.24) is 15.2 Å². The lowest BCUT2D eigenvalue weighted by Crippen LogP contribution is -2.43. The van der Waals surface area contributed by atoms with Crippen LogP contribution in [0.4, 0.5) is 0 Å². The molecule has 2 aromatic rings. The van der Waals surface area contributed by atoms with Crippen molar-refractivity contribution >= 4 is 16.9 Å². The number of piperazine rings is 1. The molecule has 5 nitrogen and oxygen atoms in total. The molecule has 0 unspecified atom stereocenters. The molecule has 1 aliphatic heterocycles. The van der Waals surface area contributed by atoms with E-state index in [0.29, 0.717) is 5.56 Å². The highest BCUT2D eigenvalue weighted by molar-refractivity contribution is 6.03. The minimum Gasteiger partial charge on any atom is -0.478 e. The maximum absolute atomic E-state index is 11.5. The molecule has 1 aliphatic rings. The summed E-state index contributed by atoms with van der Waals surface area (Å²) in [7, 11) is 0. The van der Waals surface area contributed by atoms with Gasteiger partial charge in [0.25, 0.3) is 0 Å². The summed E-state index contributed by atoms with van der Waals surface area (Å²) in [5, 5.41) is 13.9. The molecule has 1 saturated heterocycles. The molecule has 0 amide bonds. The Labute approximate surface area is 136 Å². The van der Waals surface area contributed by atoms with Crippen LogP contribution in [0, 0.1) is 0 Å². The summed E-state index contributed by atoms with van der Waals surface area (Å²) < 4.78 is 0. The lowest BCUT2D eigenvalue weighted by atomic mass is 10.0. The number of fused-ring (bicyclic) bond motifs is 1. The van der Waals surface area contributed by atoms with Crippen LogP contribution < -0.4 is 5.32 Å². The molecule has 124 valence electrons. The number of nitrogens with one attached hydrogen (secondary N) is 2. The van der Waals surface area contributed by atoms with Crippen LogP contribution in [0.3, 0.4) is 0 Å². The Hall–Kier alpha value is -1.85. The molecule has 3 N–H and O–H groups in total. The van der Waals surface area contributed by atoms with Gasteiger partial charge < -0.3 is 20.3 Å². The van der Waals surface area contributed by atoms with Crippen LogP contribution in [0.15, 0.2) is 18.3 Å². The number of aromatic carboxylic acids is 1. The summed E-state index contributed by atoms with van der Waals surface area (Å²) in [4.78, 5) is 17.1. The van der Waals surface area contributed by atoms with Crippen molar-refractivity contribution in [1.29, 1.82) is 0 Å². The van der Waals surface area contributed by atoms with Gasteiger partial charge >= 0.3 is 5.97 Å². The molecule has 1 fully saturated rings. The van der Waals surface area contributed by atoms with Crippen LogP contribution in [-0.2, 0) is 12.8 Å². The van der Waals surface area contributed by atoms with Crippen molar-refractivity contribution in [2.45, 2.75) is 26.2 Å². The predicted octanol–water partition coefficient (Wildman–Crippen LogP) is 2.27. The quantitative estimate of drug-likeness (QED) is 0.765. The van der Waals surface area contributed by atoms with Gasteiger partial charge in [-0.2, -0.15) is 0 Å². The fraction of sp³-hybridized carbons (Fsp3) is 0.500. The van der Waals surface area contributed by atoms with Gasteiger partial charge in [-0.05, 0) is 49.1 Å². The van der Waals surface area contributed by atoms with Gasteiger partial charge in [0, 0.05) is 37.8 Å². The fourth-order valence-corrected chi connectivity index (χ4v) is 3.36. The third-order valence-corrected chi connectivity index (χ3v) is 4.70. The zero-order chi connectivity index (χ0) is 16.2. The van der Waals surface area contributed by atoms with E-state index in [9.17, 15) is 9.90 Å². The second-order valence-corrected chi connectivity index (χ2v) is 6.23. The van der Waals surface area contributed by atoms with E-state index in [4.69, 9.17) is 0 Å². The lowest BCUT2D eigenvalue weighted by Gasteiger charge is -2.26. The van der Waals surface area contributed by atoms with Crippen LogP contribution in [0.1, 0.15) is 34.8 Å². The van der Waals surface area contributed by atoms with Gasteiger partial charge in [0.05, 0.1) is 11.1 Å². The number of nitrogens with zero attached hydrogens (tertiary/aromatic N) is 1. The Balaban J connectivity index is 1.75. The van der Waals surface area contributed by atoms with Crippen molar-refractivity contribution in [3.8, 4) is 0 Å². The van der Waals surface area contributed by atoms with Crippen molar-refractivity contribution in [3.05, 3.63) is 35.0 Å². The number of carboxylic acid groups (broad SMARTS) is 1. The largest absolute Gasteiger partial charge is 0.478 e. The average molecular weight is 315 g/mol. The number of hydrogen-bond acceptors (Lipinski definition) is 3. The summed E-state index contributed by atoms with van der Waals surface area (Å²) in [5.74, 6) is -0.862. The molecule has 1 aromatic heterocycles. The number of carboxylic acids is 1. The van der Waals surface area contributed by atoms with E-state index >= 15 is 0 Å². The molecule has 3 rings (SSSR count). The molecule has 2 heterocycles. The molecular weight excluding hydrogens is 290 g/mol. The van der Waals surface area contributed by atoms with Gasteiger partial charge in [-0.1, -0.05) is 6.92 Å². The first-order valence-corrected chi connectivity index (χ1v) is 8.48. The van der Waals surface area contributed by atoms with E-state index in [1.165, 1.54) is 5.56 Å². The Morgan fingerprint density at radius 1 is 1.30 bits per heavy atom. The normalized spacial score (nSPS) is 16.0. The van der Waals surface area contributed by atoms with Crippen molar-refractivity contribution in [2.24, 2.45) is 0 Å². The Kier molecular flexibility index (Phi) is 4.98. The molecule has 23 heavy (non-hydrogen) atoms. The van der Waals surface area contributed by atoms with Gasteiger partial charge in [-0.25, -0.2) is 4.79 Å². The SMILES string of the molecule is CCc1cc(C(=O)O)c2[nH]cc(CCCN3CCNCC3)c2c1. The van der Waals surface area contributed by atoms with E-state index < -0.39 is 5.97 Å². The molecule has 0 atom stereocenters. The van der Waals surface area contributed by atoms with Crippen LogP contribution in [0.2, 0.25) is 0 Å². The Morgan fingerprint density at radius 3 is 2.78 bits per heavy atom. The number of benzene rings is 1. The zero-order valence-corrected chi connectivity index (χ0v) is 13.7. The highest BCUT2D eigenvalue weighted by atomic mass is 16.4. The van der Waals surface area contributed by atoms with Crippen molar-refractivity contribution in [2.75, 3.05) is 32.7 Å². The average Bonchev–Trinajstić information content (AvgIpc) is 2.98. The summed E-state index contributed by atoms with van der Waals surface area (Å²) in [6, 6.07) is 3.92. The number of aryl methyl sites for hydroxylation is 2. The molecular formula is C18H25N3O2. The zero-order valence-electron chi connectivity index (χ0n) is 13.7. The van der Waals surface area contributed by atoms with Gasteiger partial charge in [0.2, 0.25) is 0 Å². The highest BCUT2D eigenvalue weighted by Crippen LogP contribution is 2.25.